The molecule has 0 saturated carbocycles. The molecule has 156 valence electrons. The van der Waals surface area contributed by atoms with E-state index in [0.29, 0.717) is 39.8 Å². The summed E-state index contributed by atoms with van der Waals surface area (Å²) in [5, 5.41) is 17.1. The molecule has 9 heteroatoms. The summed E-state index contributed by atoms with van der Waals surface area (Å²) in [6.45, 7) is 1.74. The molecule has 0 fully saturated rings. The first kappa shape index (κ1) is 20.5. The third-order valence-corrected chi connectivity index (χ3v) is 5.24. The van der Waals surface area contributed by atoms with Gasteiger partial charge in [0.15, 0.2) is 0 Å². The van der Waals surface area contributed by atoms with Gasteiger partial charge in [-0.15, -0.1) is 0 Å². The van der Waals surface area contributed by atoms with Crippen LogP contribution in [0, 0.1) is 10.1 Å². The molecule has 0 unspecified atom stereocenters. The van der Waals surface area contributed by atoms with Crippen LogP contribution in [-0.4, -0.2) is 23.7 Å². The summed E-state index contributed by atoms with van der Waals surface area (Å²) in [5.74, 6) is 0.788. The van der Waals surface area contributed by atoms with Crippen LogP contribution in [0.25, 0.3) is 17.4 Å². The van der Waals surface area contributed by atoms with Crippen molar-refractivity contribution < 1.29 is 18.9 Å². The minimum Gasteiger partial charge on any atom is -0.497 e. The van der Waals surface area contributed by atoms with Gasteiger partial charge in [0.2, 0.25) is 0 Å². The zero-order valence-electron chi connectivity index (χ0n) is 16.5. The Labute approximate surface area is 185 Å². The number of carbonyl (C=O) groups excluding carboxylic acids is 1. The van der Waals surface area contributed by atoms with Crippen LogP contribution in [0.15, 0.2) is 74.2 Å². The second-order valence-corrected chi connectivity index (χ2v) is 7.59. The summed E-state index contributed by atoms with van der Waals surface area (Å²) in [5.41, 5.74) is 1.75. The molecule has 3 aromatic rings. The number of anilines is 1. The number of amides is 1. The van der Waals surface area contributed by atoms with Crippen molar-refractivity contribution in [3.63, 3.8) is 0 Å². The highest BCUT2D eigenvalue weighted by atomic mass is 79.9. The summed E-state index contributed by atoms with van der Waals surface area (Å²) in [7, 11) is 1.44. The number of hydrogen-bond acceptors (Lipinski definition) is 6. The second-order valence-electron chi connectivity index (χ2n) is 6.68. The van der Waals surface area contributed by atoms with Crippen molar-refractivity contribution in [2.75, 3.05) is 12.1 Å². The molecule has 0 N–H and O–H groups in total. The van der Waals surface area contributed by atoms with E-state index in [9.17, 15) is 14.9 Å². The lowest BCUT2D eigenvalue weighted by atomic mass is 10.1. The van der Waals surface area contributed by atoms with Crippen molar-refractivity contribution in [1.29, 1.82) is 0 Å². The number of furan rings is 1. The molecule has 4 rings (SSSR count). The summed E-state index contributed by atoms with van der Waals surface area (Å²) in [6.07, 6.45) is 1.58. The van der Waals surface area contributed by atoms with Gasteiger partial charge in [-0.2, -0.15) is 10.1 Å². The van der Waals surface area contributed by atoms with Crippen molar-refractivity contribution in [2.24, 2.45) is 5.10 Å². The van der Waals surface area contributed by atoms with Crippen molar-refractivity contribution in [3.8, 4) is 17.1 Å². The number of nitro benzene ring substituents is 1. The second kappa shape index (κ2) is 8.19. The van der Waals surface area contributed by atoms with Crippen molar-refractivity contribution in [3.05, 3.63) is 80.5 Å². The van der Waals surface area contributed by atoms with Gasteiger partial charge in [-0.25, -0.2) is 0 Å². The number of benzene rings is 2. The van der Waals surface area contributed by atoms with Gasteiger partial charge in [-0.1, -0.05) is 15.9 Å². The Morgan fingerprint density at radius 1 is 1.16 bits per heavy atom. The third kappa shape index (κ3) is 3.99. The van der Waals surface area contributed by atoms with Gasteiger partial charge in [0.05, 0.1) is 40.6 Å². The molecule has 2 heterocycles. The first-order valence-electron chi connectivity index (χ1n) is 9.17. The number of ether oxygens (including phenoxy) is 1. The highest BCUT2D eigenvalue weighted by Crippen LogP contribution is 2.35. The molecule has 31 heavy (non-hydrogen) atoms. The lowest BCUT2D eigenvalue weighted by Gasteiger charge is -2.11. The molecular weight excluding hydrogens is 466 g/mol. The fraction of sp³-hybridized carbons (Fsp3) is 0.0909. The first-order valence-corrected chi connectivity index (χ1v) is 9.96. The monoisotopic (exact) mass is 481 g/mol. The molecule has 0 saturated heterocycles. The molecule has 0 atom stereocenters. The normalized spacial score (nSPS) is 14.8. The Morgan fingerprint density at radius 3 is 2.58 bits per heavy atom. The molecule has 1 aliphatic heterocycles. The Hall–Kier alpha value is -3.72. The molecule has 0 radical (unpaired) electrons. The van der Waals surface area contributed by atoms with Gasteiger partial charge in [0.1, 0.15) is 17.3 Å². The van der Waals surface area contributed by atoms with Crippen LogP contribution < -0.4 is 9.75 Å². The lowest BCUT2D eigenvalue weighted by Crippen LogP contribution is -2.21. The molecule has 1 amide bonds. The zero-order valence-corrected chi connectivity index (χ0v) is 18.1. The van der Waals surface area contributed by atoms with Crippen LogP contribution in [0.2, 0.25) is 0 Å². The minimum atomic E-state index is -0.494. The Morgan fingerprint density at radius 2 is 1.90 bits per heavy atom. The topological polar surface area (TPSA) is 98.2 Å². The van der Waals surface area contributed by atoms with E-state index >= 15 is 0 Å². The quantitative estimate of drug-likeness (QED) is 0.274. The number of nitro groups is 1. The first-order chi connectivity index (χ1) is 14.9. The van der Waals surface area contributed by atoms with Crippen molar-refractivity contribution >= 4 is 45.0 Å². The summed E-state index contributed by atoms with van der Waals surface area (Å²) in [6, 6.07) is 15.0. The zero-order chi connectivity index (χ0) is 22.1. The van der Waals surface area contributed by atoms with Crippen LogP contribution in [0.1, 0.15) is 12.7 Å². The fourth-order valence-electron chi connectivity index (χ4n) is 3.16. The maximum absolute atomic E-state index is 12.9. The molecule has 1 aromatic heterocycles. The van der Waals surface area contributed by atoms with E-state index in [1.165, 1.54) is 18.2 Å². The number of hydrazone groups is 1. The molecule has 1 aliphatic rings. The van der Waals surface area contributed by atoms with Gasteiger partial charge < -0.3 is 9.15 Å². The van der Waals surface area contributed by atoms with Crippen molar-refractivity contribution in [2.45, 2.75) is 6.92 Å². The third-order valence-electron chi connectivity index (χ3n) is 4.71. The standard InChI is InChI=1S/C22H16BrN3O5/c1-13-19(22(27)25(24-13)15-5-3-14(23)4-6-15)11-17-8-10-21(31-17)18-9-7-16(30-2)12-20(18)26(28)29/h3-12H,1-2H3/b19-11-. The fourth-order valence-corrected chi connectivity index (χ4v) is 3.42. The Bertz CT molecular complexity index is 1240. The molecule has 0 spiro atoms. The SMILES string of the molecule is COc1ccc(-c2ccc(/C=C3\C(=O)N(c4ccc(Br)cc4)N=C3C)o2)c([N+](=O)[O-])c1. The van der Waals surface area contributed by atoms with Gasteiger partial charge >= 0.3 is 0 Å². The molecule has 8 nitrogen and oxygen atoms in total. The molecule has 0 aliphatic carbocycles. The number of methoxy groups -OCH3 is 1. The van der Waals surface area contributed by atoms with E-state index in [2.05, 4.69) is 21.0 Å². The molecule has 0 bridgehead atoms. The number of nitrogens with zero attached hydrogens (tertiary/aromatic N) is 3. The summed E-state index contributed by atoms with van der Waals surface area (Å²) < 4.78 is 11.8. The Balaban J connectivity index is 1.65. The molecule has 2 aromatic carbocycles. The summed E-state index contributed by atoms with van der Waals surface area (Å²) in [4.78, 5) is 23.8. The average molecular weight is 482 g/mol. The van der Waals surface area contributed by atoms with Crippen LogP contribution in [-0.2, 0) is 4.79 Å². The van der Waals surface area contributed by atoms with Crippen LogP contribution >= 0.6 is 15.9 Å². The average Bonchev–Trinajstić information content (AvgIpc) is 3.34. The Kier molecular flexibility index (Phi) is 5.43. The largest absolute Gasteiger partial charge is 0.497 e. The smallest absolute Gasteiger partial charge is 0.284 e. The predicted octanol–water partition coefficient (Wildman–Crippen LogP) is 5.43. The van der Waals surface area contributed by atoms with Gasteiger partial charge in [-0.05, 0) is 61.5 Å². The maximum atomic E-state index is 12.9. The predicted molar refractivity (Wildman–Crippen MR) is 120 cm³/mol. The van der Waals surface area contributed by atoms with Crippen molar-refractivity contribution in [1.82, 2.24) is 0 Å². The van der Waals surface area contributed by atoms with E-state index < -0.39 is 4.92 Å². The number of hydrogen-bond donors (Lipinski definition) is 0. The minimum absolute atomic E-state index is 0.135. The van der Waals surface area contributed by atoms with Crippen LogP contribution in [0.5, 0.6) is 5.75 Å². The van der Waals surface area contributed by atoms with E-state index in [1.807, 2.05) is 12.1 Å². The van der Waals surface area contributed by atoms with E-state index in [-0.39, 0.29) is 11.6 Å². The number of halogens is 1. The van der Waals surface area contributed by atoms with Gasteiger partial charge in [0.25, 0.3) is 11.6 Å². The van der Waals surface area contributed by atoms with Gasteiger partial charge in [-0.3, -0.25) is 14.9 Å². The van der Waals surface area contributed by atoms with E-state index in [1.54, 1.807) is 49.4 Å². The highest BCUT2D eigenvalue weighted by molar-refractivity contribution is 9.10. The van der Waals surface area contributed by atoms with Crippen LogP contribution in [0.3, 0.4) is 0 Å². The summed E-state index contributed by atoms with van der Waals surface area (Å²) >= 11 is 3.37. The van der Waals surface area contributed by atoms with E-state index in [0.717, 1.165) is 4.47 Å². The van der Waals surface area contributed by atoms with E-state index in [4.69, 9.17) is 9.15 Å². The number of rotatable bonds is 5. The van der Waals surface area contributed by atoms with Crippen LogP contribution in [0.4, 0.5) is 11.4 Å². The number of carbonyl (C=O) groups is 1. The highest BCUT2D eigenvalue weighted by Gasteiger charge is 2.29. The lowest BCUT2D eigenvalue weighted by molar-refractivity contribution is -0.384. The maximum Gasteiger partial charge on any atom is 0.284 e. The van der Waals surface area contributed by atoms with Gasteiger partial charge in [0, 0.05) is 4.47 Å². The molecular formula is C22H16BrN3O5.